The zero-order valence-electron chi connectivity index (χ0n) is 24.4. The molecule has 0 aliphatic heterocycles. The van der Waals surface area contributed by atoms with Gasteiger partial charge in [-0.3, -0.25) is 9.59 Å². The van der Waals surface area contributed by atoms with Crippen molar-refractivity contribution >= 4 is 28.8 Å². The lowest BCUT2D eigenvalue weighted by molar-refractivity contribution is -0.130. The molecule has 4 rings (SSSR count). The van der Waals surface area contributed by atoms with Crippen LogP contribution in [0.3, 0.4) is 0 Å². The molecule has 4 aromatic rings. The zero-order chi connectivity index (χ0) is 29.9. The maximum Gasteiger partial charge on any atom is 0.262 e. The first-order valence-corrected chi connectivity index (χ1v) is 13.9. The summed E-state index contributed by atoms with van der Waals surface area (Å²) in [6.07, 6.45) is 1.97. The third-order valence-corrected chi connectivity index (χ3v) is 6.65. The third kappa shape index (κ3) is 8.33. The van der Waals surface area contributed by atoms with Crippen molar-refractivity contribution < 1.29 is 23.8 Å². The summed E-state index contributed by atoms with van der Waals surface area (Å²) in [6, 6.07) is 26.4. The summed E-state index contributed by atoms with van der Waals surface area (Å²) >= 11 is 0. The Morgan fingerprint density at radius 1 is 0.881 bits per heavy atom. The molecule has 8 heteroatoms. The second-order valence-corrected chi connectivity index (χ2v) is 10.4. The topological polar surface area (TPSA) is 98.2 Å². The molecule has 0 fully saturated rings. The van der Waals surface area contributed by atoms with Crippen LogP contribution in [0.25, 0.3) is 10.8 Å². The van der Waals surface area contributed by atoms with Crippen molar-refractivity contribution in [2.45, 2.75) is 39.8 Å². The first kappa shape index (κ1) is 30.1. The minimum Gasteiger partial charge on any atom is -0.493 e. The van der Waals surface area contributed by atoms with Gasteiger partial charge >= 0.3 is 0 Å². The van der Waals surface area contributed by atoms with E-state index in [-0.39, 0.29) is 18.4 Å². The van der Waals surface area contributed by atoms with Gasteiger partial charge in [0.2, 0.25) is 0 Å². The highest BCUT2D eigenvalue weighted by atomic mass is 16.5. The summed E-state index contributed by atoms with van der Waals surface area (Å²) in [6.45, 7) is 6.07. The van der Waals surface area contributed by atoms with Gasteiger partial charge in [-0.2, -0.15) is 5.10 Å². The second-order valence-electron chi connectivity index (χ2n) is 10.4. The number of para-hydroxylation sites is 1. The van der Waals surface area contributed by atoms with Crippen LogP contribution in [0.1, 0.15) is 37.0 Å². The van der Waals surface area contributed by atoms with E-state index >= 15 is 0 Å². The second kappa shape index (κ2) is 14.7. The summed E-state index contributed by atoms with van der Waals surface area (Å²) in [7, 11) is 1.57. The molecule has 0 radical (unpaired) electrons. The minimum absolute atomic E-state index is 0.174. The smallest absolute Gasteiger partial charge is 0.262 e. The van der Waals surface area contributed by atoms with Gasteiger partial charge in [0.1, 0.15) is 18.4 Å². The number of carbonyl (C=O) groups is 2. The van der Waals surface area contributed by atoms with Gasteiger partial charge in [0.05, 0.1) is 13.3 Å². The predicted molar refractivity (Wildman–Crippen MR) is 165 cm³/mol. The molecule has 0 aliphatic carbocycles. The lowest BCUT2D eigenvalue weighted by Crippen LogP contribution is -2.47. The predicted octanol–water partition coefficient (Wildman–Crippen LogP) is 5.80. The van der Waals surface area contributed by atoms with Gasteiger partial charge in [0, 0.05) is 0 Å². The molecule has 2 N–H and O–H groups in total. The Hall–Kier alpha value is -4.85. The molecule has 0 saturated heterocycles. The molecule has 0 saturated carbocycles. The number of fused-ring (bicyclic) bond motifs is 1. The van der Waals surface area contributed by atoms with E-state index in [1.165, 1.54) is 6.21 Å². The van der Waals surface area contributed by atoms with Crippen molar-refractivity contribution in [3.8, 4) is 17.2 Å². The summed E-state index contributed by atoms with van der Waals surface area (Å²) < 4.78 is 17.3. The van der Waals surface area contributed by atoms with E-state index in [9.17, 15) is 9.59 Å². The van der Waals surface area contributed by atoms with Gasteiger partial charge in [0.15, 0.2) is 18.1 Å². The number of hydrogen-bond donors (Lipinski definition) is 2. The number of nitrogens with zero attached hydrogens (tertiary/aromatic N) is 1. The molecule has 0 spiro atoms. The quantitative estimate of drug-likeness (QED) is 0.157. The van der Waals surface area contributed by atoms with Gasteiger partial charge in [-0.1, -0.05) is 74.5 Å². The van der Waals surface area contributed by atoms with Crippen LogP contribution in [-0.2, 0) is 16.2 Å². The number of rotatable bonds is 13. The number of benzene rings is 4. The highest BCUT2D eigenvalue weighted by molar-refractivity contribution is 5.89. The van der Waals surface area contributed by atoms with E-state index in [2.05, 4.69) is 34.0 Å². The van der Waals surface area contributed by atoms with Crippen LogP contribution in [0.4, 0.5) is 0 Å². The maximum atomic E-state index is 12.9. The lowest BCUT2D eigenvalue weighted by Gasteiger charge is -2.19. The van der Waals surface area contributed by atoms with Crippen molar-refractivity contribution in [2.75, 3.05) is 13.7 Å². The van der Waals surface area contributed by atoms with Crippen molar-refractivity contribution in [3.05, 3.63) is 102 Å². The zero-order valence-corrected chi connectivity index (χ0v) is 24.4. The van der Waals surface area contributed by atoms with Gasteiger partial charge in [0.25, 0.3) is 11.8 Å². The molecule has 0 aromatic heterocycles. The molecule has 0 unspecified atom stereocenters. The molecule has 0 bridgehead atoms. The Bertz CT molecular complexity index is 1540. The Balaban J connectivity index is 1.34. The van der Waals surface area contributed by atoms with Gasteiger partial charge in [-0.15, -0.1) is 0 Å². The summed E-state index contributed by atoms with van der Waals surface area (Å²) in [4.78, 5) is 25.4. The van der Waals surface area contributed by atoms with E-state index in [0.29, 0.717) is 35.8 Å². The van der Waals surface area contributed by atoms with E-state index in [0.717, 1.165) is 21.9 Å². The summed E-state index contributed by atoms with van der Waals surface area (Å²) in [5, 5.41) is 9.18. The molecular formula is C34H37N3O5. The number of hydrazone groups is 1. The molecule has 218 valence electrons. The highest BCUT2D eigenvalue weighted by Gasteiger charge is 2.22. The number of nitrogens with one attached hydrogen (secondary N) is 2. The number of methoxy groups -OCH3 is 1. The fourth-order valence-electron chi connectivity index (χ4n) is 4.51. The van der Waals surface area contributed by atoms with Crippen molar-refractivity contribution in [1.82, 2.24) is 10.7 Å². The molecule has 42 heavy (non-hydrogen) atoms. The monoisotopic (exact) mass is 567 g/mol. The molecule has 0 heterocycles. The number of carbonyl (C=O) groups excluding carboxylic acids is 2. The van der Waals surface area contributed by atoms with Gasteiger partial charge < -0.3 is 19.5 Å². The van der Waals surface area contributed by atoms with Crippen LogP contribution in [0, 0.1) is 12.8 Å². The third-order valence-electron chi connectivity index (χ3n) is 6.65. The SMILES string of the molecule is COc1cc(/C=N\NC(=O)[C@H](CC(C)C)NC(=O)COc2ccccc2C)ccc1OCc1cccc2ccccc12. The van der Waals surface area contributed by atoms with Crippen molar-refractivity contribution in [2.24, 2.45) is 11.0 Å². The number of amides is 2. The normalized spacial score (nSPS) is 11.8. The largest absolute Gasteiger partial charge is 0.493 e. The molecule has 0 aliphatic rings. The summed E-state index contributed by atoms with van der Waals surface area (Å²) in [5.41, 5.74) is 5.26. The first-order valence-electron chi connectivity index (χ1n) is 13.9. The van der Waals surface area contributed by atoms with Crippen LogP contribution in [0.15, 0.2) is 90.0 Å². The summed E-state index contributed by atoms with van der Waals surface area (Å²) in [5.74, 6) is 1.15. The maximum absolute atomic E-state index is 12.9. The van der Waals surface area contributed by atoms with E-state index in [1.54, 1.807) is 19.2 Å². The van der Waals surface area contributed by atoms with E-state index < -0.39 is 11.9 Å². The Morgan fingerprint density at radius 2 is 1.64 bits per heavy atom. The van der Waals surface area contributed by atoms with Crippen molar-refractivity contribution in [1.29, 1.82) is 0 Å². The fourth-order valence-corrected chi connectivity index (χ4v) is 4.51. The highest BCUT2D eigenvalue weighted by Crippen LogP contribution is 2.29. The Kier molecular flexibility index (Phi) is 10.5. The van der Waals surface area contributed by atoms with Crippen LogP contribution in [0.5, 0.6) is 17.2 Å². The molecular weight excluding hydrogens is 530 g/mol. The molecule has 4 aromatic carbocycles. The average molecular weight is 568 g/mol. The number of ether oxygens (including phenoxy) is 3. The number of aryl methyl sites for hydroxylation is 1. The van der Waals surface area contributed by atoms with Crippen LogP contribution in [0.2, 0.25) is 0 Å². The first-order chi connectivity index (χ1) is 20.3. The van der Waals surface area contributed by atoms with Crippen LogP contribution in [-0.4, -0.2) is 37.8 Å². The van der Waals surface area contributed by atoms with E-state index in [4.69, 9.17) is 14.2 Å². The molecule has 1 atom stereocenters. The van der Waals surface area contributed by atoms with Gasteiger partial charge in [-0.05, 0) is 71.0 Å². The Labute approximate surface area is 246 Å². The van der Waals surface area contributed by atoms with E-state index in [1.807, 2.05) is 75.4 Å². The van der Waals surface area contributed by atoms with Crippen LogP contribution >= 0.6 is 0 Å². The Morgan fingerprint density at radius 3 is 2.43 bits per heavy atom. The molecule has 2 amide bonds. The number of hydrogen-bond acceptors (Lipinski definition) is 6. The minimum atomic E-state index is -0.755. The fraction of sp³-hybridized carbons (Fsp3) is 0.265. The average Bonchev–Trinajstić information content (AvgIpc) is 2.99. The standard InChI is InChI=1S/C34H37N3O5/c1-23(2)18-29(36-33(38)22-42-30-15-8-5-10-24(30)3)34(39)37-35-20-25-16-17-31(32(19-25)40-4)41-21-27-13-9-12-26-11-6-7-14-28(26)27/h5-17,19-20,23,29H,18,21-22H2,1-4H3,(H,36,38)(H,37,39)/b35-20-/t29-/m0/s1. The molecule has 8 nitrogen and oxygen atoms in total. The van der Waals surface area contributed by atoms with Gasteiger partial charge in [-0.25, -0.2) is 5.43 Å². The van der Waals surface area contributed by atoms with Crippen LogP contribution < -0.4 is 25.0 Å². The van der Waals surface area contributed by atoms with Crippen molar-refractivity contribution in [3.63, 3.8) is 0 Å². The lowest BCUT2D eigenvalue weighted by atomic mass is 10.0.